The van der Waals surface area contributed by atoms with Crippen LogP contribution in [0.1, 0.15) is 38.7 Å². The fraction of sp³-hybridized carbons (Fsp3) is 0.571. The predicted octanol–water partition coefficient (Wildman–Crippen LogP) is 1.63. The van der Waals surface area contributed by atoms with Crippen molar-refractivity contribution < 1.29 is 19.1 Å². The number of rotatable bonds is 7. The molecule has 1 saturated heterocycles. The lowest BCUT2D eigenvalue weighted by molar-refractivity contribution is -0.138. The Morgan fingerprint density at radius 3 is 2.11 bits per heavy atom. The number of carbonyl (C=O) groups is 3. The van der Waals surface area contributed by atoms with E-state index in [2.05, 4.69) is 5.32 Å². The van der Waals surface area contributed by atoms with Gasteiger partial charge in [0.25, 0.3) is 0 Å². The molecule has 1 fully saturated rings. The number of nitrogens with one attached hydrogen (secondary N) is 1. The molecule has 1 aromatic carbocycles. The molecule has 0 saturated carbocycles. The maximum Gasteiger partial charge on any atom is 0.227 e. The van der Waals surface area contributed by atoms with Crippen LogP contribution in [0.2, 0.25) is 0 Å². The van der Waals surface area contributed by atoms with Gasteiger partial charge in [0, 0.05) is 46.1 Å². The molecular weight excluding hydrogens is 358 g/mol. The topological polar surface area (TPSA) is 79.0 Å². The third-order valence-electron chi connectivity index (χ3n) is 5.14. The van der Waals surface area contributed by atoms with Gasteiger partial charge in [0.15, 0.2) is 0 Å². The Balaban J connectivity index is 1.84. The van der Waals surface area contributed by atoms with Crippen molar-refractivity contribution in [1.82, 2.24) is 15.1 Å². The summed E-state index contributed by atoms with van der Waals surface area (Å²) < 4.78 is 5.17. The number of hydrogen-bond acceptors (Lipinski definition) is 4. The highest BCUT2D eigenvalue weighted by atomic mass is 16.5. The third kappa shape index (κ3) is 5.71. The lowest BCUT2D eigenvalue weighted by atomic mass is 9.87. The van der Waals surface area contributed by atoms with Gasteiger partial charge in [-0.1, -0.05) is 26.0 Å². The van der Waals surface area contributed by atoms with Crippen LogP contribution in [0.15, 0.2) is 24.3 Å². The summed E-state index contributed by atoms with van der Waals surface area (Å²) in [5.41, 5.74) is 0.931. The molecule has 7 nitrogen and oxygen atoms in total. The number of ether oxygens (including phenoxy) is 1. The van der Waals surface area contributed by atoms with Gasteiger partial charge in [-0.15, -0.1) is 0 Å². The zero-order valence-corrected chi connectivity index (χ0v) is 17.2. The molecule has 1 aliphatic rings. The minimum absolute atomic E-state index is 0.00838. The van der Waals surface area contributed by atoms with Gasteiger partial charge in [0.05, 0.1) is 13.0 Å². The van der Waals surface area contributed by atoms with Crippen LogP contribution >= 0.6 is 0 Å². The van der Waals surface area contributed by atoms with Crippen LogP contribution < -0.4 is 10.1 Å². The van der Waals surface area contributed by atoms with Gasteiger partial charge in [0.2, 0.25) is 17.7 Å². The zero-order valence-electron chi connectivity index (χ0n) is 17.2. The highest BCUT2D eigenvalue weighted by Gasteiger charge is 2.25. The quantitative estimate of drug-likeness (QED) is 0.769. The van der Waals surface area contributed by atoms with Gasteiger partial charge in [-0.05, 0) is 23.6 Å². The molecule has 28 heavy (non-hydrogen) atoms. The van der Waals surface area contributed by atoms with Crippen molar-refractivity contribution >= 4 is 17.7 Å². The van der Waals surface area contributed by atoms with E-state index in [1.807, 2.05) is 38.1 Å². The van der Waals surface area contributed by atoms with E-state index >= 15 is 0 Å². The van der Waals surface area contributed by atoms with Gasteiger partial charge < -0.3 is 19.9 Å². The molecule has 1 unspecified atom stereocenters. The van der Waals surface area contributed by atoms with E-state index in [4.69, 9.17) is 4.74 Å². The summed E-state index contributed by atoms with van der Waals surface area (Å²) in [4.78, 5) is 39.9. The molecule has 0 spiro atoms. The van der Waals surface area contributed by atoms with Crippen molar-refractivity contribution in [2.24, 2.45) is 5.92 Å². The van der Waals surface area contributed by atoms with Gasteiger partial charge in [-0.25, -0.2) is 0 Å². The average Bonchev–Trinajstić information content (AvgIpc) is 2.68. The van der Waals surface area contributed by atoms with Crippen molar-refractivity contribution in [2.75, 3.05) is 39.8 Å². The van der Waals surface area contributed by atoms with Gasteiger partial charge in [-0.2, -0.15) is 0 Å². The predicted molar refractivity (Wildman–Crippen MR) is 107 cm³/mol. The number of nitrogens with zero attached hydrogens (tertiary/aromatic N) is 2. The smallest absolute Gasteiger partial charge is 0.227 e. The summed E-state index contributed by atoms with van der Waals surface area (Å²) in [6.45, 7) is 8.10. The first kappa shape index (κ1) is 21.7. The Morgan fingerprint density at radius 1 is 1.04 bits per heavy atom. The molecule has 2 rings (SSSR count). The van der Waals surface area contributed by atoms with E-state index in [-0.39, 0.29) is 36.0 Å². The highest BCUT2D eigenvalue weighted by Crippen LogP contribution is 2.26. The number of amides is 3. The van der Waals surface area contributed by atoms with E-state index in [9.17, 15) is 14.4 Å². The van der Waals surface area contributed by atoms with Crippen LogP contribution in [-0.4, -0.2) is 67.4 Å². The van der Waals surface area contributed by atoms with Crippen molar-refractivity contribution in [3.05, 3.63) is 29.8 Å². The average molecular weight is 389 g/mol. The minimum atomic E-state index is -0.278. The molecule has 0 aliphatic carbocycles. The Kier molecular flexibility index (Phi) is 7.84. The lowest BCUT2D eigenvalue weighted by Gasteiger charge is -2.34. The number of piperazine rings is 1. The normalized spacial score (nSPS) is 15.3. The highest BCUT2D eigenvalue weighted by molar-refractivity contribution is 5.84. The molecular formula is C21H31N3O4. The first-order valence-electron chi connectivity index (χ1n) is 9.78. The molecule has 154 valence electrons. The molecule has 1 N–H and O–H groups in total. The summed E-state index contributed by atoms with van der Waals surface area (Å²) >= 11 is 0. The fourth-order valence-electron chi connectivity index (χ4n) is 3.48. The Hall–Kier alpha value is -2.57. The van der Waals surface area contributed by atoms with Crippen molar-refractivity contribution in [2.45, 2.75) is 33.1 Å². The summed E-state index contributed by atoms with van der Waals surface area (Å²) in [5, 5.41) is 2.91. The molecule has 7 heteroatoms. The van der Waals surface area contributed by atoms with Crippen LogP contribution in [0.4, 0.5) is 0 Å². The largest absolute Gasteiger partial charge is 0.497 e. The minimum Gasteiger partial charge on any atom is -0.497 e. The van der Waals surface area contributed by atoms with Crippen LogP contribution in [0.5, 0.6) is 5.75 Å². The Morgan fingerprint density at radius 2 is 1.61 bits per heavy atom. The van der Waals surface area contributed by atoms with Gasteiger partial charge in [0.1, 0.15) is 5.75 Å². The van der Waals surface area contributed by atoms with E-state index in [1.165, 1.54) is 0 Å². The first-order chi connectivity index (χ1) is 13.3. The summed E-state index contributed by atoms with van der Waals surface area (Å²) in [7, 11) is 1.61. The fourth-order valence-corrected chi connectivity index (χ4v) is 3.48. The number of carbonyl (C=O) groups excluding carboxylic acids is 3. The second kappa shape index (κ2) is 10.1. The maximum atomic E-state index is 12.7. The molecule has 0 radical (unpaired) electrons. The van der Waals surface area contributed by atoms with Crippen molar-refractivity contribution in [3.8, 4) is 5.75 Å². The first-order valence-corrected chi connectivity index (χ1v) is 9.78. The van der Waals surface area contributed by atoms with Crippen LogP contribution in [0, 0.1) is 5.92 Å². The molecule has 1 aliphatic heterocycles. The van der Waals surface area contributed by atoms with E-state index < -0.39 is 0 Å². The van der Waals surface area contributed by atoms with E-state index in [0.717, 1.165) is 11.3 Å². The monoisotopic (exact) mass is 389 g/mol. The Labute approximate surface area is 167 Å². The zero-order chi connectivity index (χ0) is 20.7. The van der Waals surface area contributed by atoms with Crippen molar-refractivity contribution in [3.63, 3.8) is 0 Å². The maximum absolute atomic E-state index is 12.7. The van der Waals surface area contributed by atoms with E-state index in [0.29, 0.717) is 32.7 Å². The van der Waals surface area contributed by atoms with Gasteiger partial charge in [-0.3, -0.25) is 14.4 Å². The SMILES string of the molecule is COc1ccc(C(C(=O)NCCC(=O)N2CCN(C(C)=O)CC2)C(C)C)cc1. The summed E-state index contributed by atoms with van der Waals surface area (Å²) in [5.74, 6) is 0.576. The summed E-state index contributed by atoms with van der Waals surface area (Å²) in [6, 6.07) is 7.51. The van der Waals surface area contributed by atoms with Crippen LogP contribution in [-0.2, 0) is 14.4 Å². The molecule has 3 amide bonds. The van der Waals surface area contributed by atoms with Crippen LogP contribution in [0.25, 0.3) is 0 Å². The number of hydrogen-bond donors (Lipinski definition) is 1. The standard InChI is InChI=1S/C21H31N3O4/c1-15(2)20(17-5-7-18(28-4)8-6-17)21(27)22-10-9-19(26)24-13-11-23(12-14-24)16(3)25/h5-8,15,20H,9-14H2,1-4H3,(H,22,27). The Bertz CT molecular complexity index is 679. The summed E-state index contributed by atoms with van der Waals surface area (Å²) in [6.07, 6.45) is 0.263. The lowest BCUT2D eigenvalue weighted by Crippen LogP contribution is -2.50. The molecule has 1 heterocycles. The molecule has 1 aromatic rings. The molecule has 0 bridgehead atoms. The molecule has 1 atom stereocenters. The third-order valence-corrected chi connectivity index (χ3v) is 5.14. The van der Waals surface area contributed by atoms with E-state index in [1.54, 1.807) is 23.8 Å². The second-order valence-electron chi connectivity index (χ2n) is 7.42. The number of benzene rings is 1. The van der Waals surface area contributed by atoms with Crippen molar-refractivity contribution in [1.29, 1.82) is 0 Å². The van der Waals surface area contributed by atoms with Gasteiger partial charge >= 0.3 is 0 Å². The second-order valence-corrected chi connectivity index (χ2v) is 7.42. The number of methoxy groups -OCH3 is 1. The van der Waals surface area contributed by atoms with Crippen LogP contribution in [0.3, 0.4) is 0 Å². The molecule has 0 aromatic heterocycles.